The SMILES string of the molecule is C=CC=CCC(C=C)C(C)O.C=CC=CCC(C=C)C(C)O.O=C(O)O. The first kappa shape index (κ1) is 28.4. The minimum atomic E-state index is -1.83. The zero-order valence-electron chi connectivity index (χ0n) is 15.9. The van der Waals surface area contributed by atoms with Crippen LogP contribution >= 0.6 is 0 Å². The van der Waals surface area contributed by atoms with Gasteiger partial charge in [0.05, 0.1) is 12.2 Å². The zero-order valence-corrected chi connectivity index (χ0v) is 15.9. The average molecular weight is 366 g/mol. The van der Waals surface area contributed by atoms with Crippen LogP contribution < -0.4 is 0 Å². The summed E-state index contributed by atoms with van der Waals surface area (Å²) in [6.07, 6.45) is 13.9. The quantitative estimate of drug-likeness (QED) is 0.328. The van der Waals surface area contributed by atoms with E-state index < -0.39 is 6.16 Å². The van der Waals surface area contributed by atoms with E-state index in [0.717, 1.165) is 12.8 Å². The van der Waals surface area contributed by atoms with Gasteiger partial charge in [-0.1, -0.05) is 61.8 Å². The third kappa shape index (κ3) is 23.9. The number of carboxylic acid groups (broad SMARTS) is 2. The maximum absolute atomic E-state index is 9.18. The molecule has 0 aliphatic carbocycles. The predicted molar refractivity (Wildman–Crippen MR) is 109 cm³/mol. The Morgan fingerprint density at radius 2 is 1.08 bits per heavy atom. The molecule has 26 heavy (non-hydrogen) atoms. The van der Waals surface area contributed by atoms with Crippen LogP contribution in [0, 0.1) is 11.8 Å². The normalized spacial score (nSPS) is 14.6. The van der Waals surface area contributed by atoms with Gasteiger partial charge in [0.2, 0.25) is 0 Å². The molecule has 0 aliphatic rings. The fourth-order valence-corrected chi connectivity index (χ4v) is 1.64. The summed E-state index contributed by atoms with van der Waals surface area (Å²) in [7, 11) is 0. The van der Waals surface area contributed by atoms with Crippen molar-refractivity contribution in [1.82, 2.24) is 0 Å². The van der Waals surface area contributed by atoms with Gasteiger partial charge >= 0.3 is 6.16 Å². The van der Waals surface area contributed by atoms with Crippen molar-refractivity contribution in [1.29, 1.82) is 0 Å². The van der Waals surface area contributed by atoms with E-state index in [1.807, 2.05) is 24.3 Å². The molecule has 0 radical (unpaired) electrons. The van der Waals surface area contributed by atoms with Crippen LogP contribution in [0.5, 0.6) is 0 Å². The van der Waals surface area contributed by atoms with E-state index in [0.29, 0.717) is 0 Å². The van der Waals surface area contributed by atoms with Crippen LogP contribution in [-0.4, -0.2) is 38.8 Å². The van der Waals surface area contributed by atoms with E-state index in [9.17, 15) is 10.2 Å². The van der Waals surface area contributed by atoms with Crippen molar-refractivity contribution in [3.05, 3.63) is 74.9 Å². The summed E-state index contributed by atoms with van der Waals surface area (Å²) < 4.78 is 0. The lowest BCUT2D eigenvalue weighted by atomic mass is 10.00. The van der Waals surface area contributed by atoms with Gasteiger partial charge in [-0.15, -0.1) is 13.2 Å². The van der Waals surface area contributed by atoms with Crippen molar-refractivity contribution in [2.24, 2.45) is 11.8 Å². The van der Waals surface area contributed by atoms with Gasteiger partial charge in [0.25, 0.3) is 0 Å². The first-order valence-electron chi connectivity index (χ1n) is 8.26. The van der Waals surface area contributed by atoms with Crippen LogP contribution in [-0.2, 0) is 0 Å². The molecule has 0 rings (SSSR count). The van der Waals surface area contributed by atoms with Gasteiger partial charge in [-0.2, -0.15) is 0 Å². The second-order valence-electron chi connectivity index (χ2n) is 5.36. The molecule has 5 heteroatoms. The number of aliphatic hydroxyl groups excluding tert-OH is 2. The second-order valence-corrected chi connectivity index (χ2v) is 5.36. The Morgan fingerprint density at radius 1 is 0.808 bits per heavy atom. The highest BCUT2D eigenvalue weighted by Crippen LogP contribution is 2.11. The predicted octanol–water partition coefficient (Wildman–Crippen LogP) is 4.83. The molecule has 4 atom stereocenters. The van der Waals surface area contributed by atoms with Gasteiger partial charge in [-0.25, -0.2) is 4.79 Å². The number of allylic oxidation sites excluding steroid dienone is 6. The number of rotatable bonds is 10. The molecule has 0 saturated carbocycles. The second kappa shape index (κ2) is 20.7. The molecule has 0 aliphatic heterocycles. The van der Waals surface area contributed by atoms with Gasteiger partial charge in [-0.3, -0.25) is 0 Å². The molecule has 0 aromatic heterocycles. The van der Waals surface area contributed by atoms with Gasteiger partial charge in [-0.05, 0) is 26.7 Å². The Balaban J connectivity index is -0.000000338. The van der Waals surface area contributed by atoms with Crippen molar-refractivity contribution < 1.29 is 25.2 Å². The maximum Gasteiger partial charge on any atom is 0.503 e. The summed E-state index contributed by atoms with van der Waals surface area (Å²) in [6, 6.07) is 0. The molecule has 0 fully saturated rings. The molecule has 0 aromatic carbocycles. The first-order valence-corrected chi connectivity index (χ1v) is 8.26. The van der Waals surface area contributed by atoms with Crippen molar-refractivity contribution in [3.8, 4) is 0 Å². The first-order chi connectivity index (χ1) is 12.2. The lowest BCUT2D eigenvalue weighted by molar-refractivity contribution is 0.136. The lowest BCUT2D eigenvalue weighted by Gasteiger charge is -2.12. The third-order valence-corrected chi connectivity index (χ3v) is 3.21. The Hall–Kier alpha value is -2.37. The Bertz CT molecular complexity index is 407. The van der Waals surface area contributed by atoms with Gasteiger partial charge < -0.3 is 20.4 Å². The van der Waals surface area contributed by atoms with Crippen molar-refractivity contribution in [2.45, 2.75) is 38.9 Å². The largest absolute Gasteiger partial charge is 0.503 e. The van der Waals surface area contributed by atoms with Crippen LogP contribution in [0.2, 0.25) is 0 Å². The summed E-state index contributed by atoms with van der Waals surface area (Å²) in [5.41, 5.74) is 0. The number of hydrogen-bond donors (Lipinski definition) is 4. The van der Waals surface area contributed by atoms with Crippen molar-refractivity contribution >= 4 is 6.16 Å². The molecule has 4 unspecified atom stereocenters. The standard InChI is InChI=1S/2C10H16O.CH2O3/c2*1-4-6-7-8-10(5-2)9(3)11;2-1(3)4/h2*4-7,9-11H,1-2,8H2,3H3;(H2,2,3,4). The van der Waals surface area contributed by atoms with Gasteiger partial charge in [0, 0.05) is 11.8 Å². The van der Waals surface area contributed by atoms with Gasteiger partial charge in [0.15, 0.2) is 0 Å². The van der Waals surface area contributed by atoms with Crippen LogP contribution in [0.3, 0.4) is 0 Å². The maximum atomic E-state index is 9.18. The molecule has 0 saturated heterocycles. The summed E-state index contributed by atoms with van der Waals surface area (Å²) in [4.78, 5) is 8.56. The summed E-state index contributed by atoms with van der Waals surface area (Å²) in [6.45, 7) is 17.9. The number of hydrogen-bond acceptors (Lipinski definition) is 3. The van der Waals surface area contributed by atoms with Crippen LogP contribution in [0.4, 0.5) is 4.79 Å². The van der Waals surface area contributed by atoms with Crippen LogP contribution in [0.1, 0.15) is 26.7 Å². The summed E-state index contributed by atoms with van der Waals surface area (Å²) in [5.74, 6) is 0.317. The molecular formula is C21H34O5. The molecule has 5 nitrogen and oxygen atoms in total. The van der Waals surface area contributed by atoms with E-state index in [4.69, 9.17) is 15.0 Å². The molecular weight excluding hydrogens is 332 g/mol. The Kier molecular flexibility index (Phi) is 22.6. The van der Waals surface area contributed by atoms with E-state index in [2.05, 4.69) is 26.3 Å². The van der Waals surface area contributed by atoms with Crippen LogP contribution in [0.15, 0.2) is 74.9 Å². The van der Waals surface area contributed by atoms with E-state index in [1.54, 1.807) is 38.2 Å². The van der Waals surface area contributed by atoms with E-state index >= 15 is 0 Å². The summed E-state index contributed by atoms with van der Waals surface area (Å²) in [5, 5.41) is 32.3. The summed E-state index contributed by atoms with van der Waals surface area (Å²) >= 11 is 0. The van der Waals surface area contributed by atoms with Crippen molar-refractivity contribution in [2.75, 3.05) is 0 Å². The molecule has 0 spiro atoms. The molecule has 0 bridgehead atoms. The molecule has 0 aromatic rings. The fourth-order valence-electron chi connectivity index (χ4n) is 1.64. The minimum absolute atomic E-state index is 0.159. The highest BCUT2D eigenvalue weighted by Gasteiger charge is 2.08. The van der Waals surface area contributed by atoms with E-state index in [1.165, 1.54) is 0 Å². The number of carbonyl (C=O) groups is 1. The molecule has 4 N–H and O–H groups in total. The minimum Gasteiger partial charge on any atom is -0.450 e. The molecule has 0 heterocycles. The molecule has 0 amide bonds. The molecule has 148 valence electrons. The number of aliphatic hydroxyl groups is 2. The average Bonchev–Trinajstić information content (AvgIpc) is 2.55. The zero-order chi connectivity index (χ0) is 21.0. The highest BCUT2D eigenvalue weighted by atomic mass is 16.6. The lowest BCUT2D eigenvalue weighted by Crippen LogP contribution is -2.12. The monoisotopic (exact) mass is 366 g/mol. The topological polar surface area (TPSA) is 98.0 Å². The smallest absolute Gasteiger partial charge is 0.450 e. The van der Waals surface area contributed by atoms with Crippen LogP contribution in [0.25, 0.3) is 0 Å². The third-order valence-electron chi connectivity index (χ3n) is 3.21. The van der Waals surface area contributed by atoms with Gasteiger partial charge in [0.1, 0.15) is 0 Å². The highest BCUT2D eigenvalue weighted by molar-refractivity contribution is 5.53. The fraction of sp³-hybridized carbons (Fsp3) is 0.381. The Labute approximate surface area is 157 Å². The van der Waals surface area contributed by atoms with Crippen molar-refractivity contribution in [3.63, 3.8) is 0 Å². The van der Waals surface area contributed by atoms with E-state index in [-0.39, 0.29) is 24.0 Å². The Morgan fingerprint density at radius 3 is 1.23 bits per heavy atom.